The van der Waals surface area contributed by atoms with Crippen molar-refractivity contribution in [2.24, 2.45) is 0 Å². The summed E-state index contributed by atoms with van der Waals surface area (Å²) in [7, 11) is -3.52. The average molecular weight is 400 g/mol. The van der Waals surface area contributed by atoms with Gasteiger partial charge in [-0.2, -0.15) is 0 Å². The normalized spacial score (nSPS) is 19.5. The average Bonchev–Trinajstić information content (AvgIpc) is 2.42. The number of piperidine rings is 1. The standard InChI is InChI=1S/C13H17BrClFN2O2S/c14-11-7-9(16)8-12(15)13(11)18-21(19,20)6-4-10-3-1-2-5-17-10/h7-8,10,17-18H,1-6H2. The lowest BCUT2D eigenvalue weighted by molar-refractivity contribution is 0.393. The molecule has 1 aromatic rings. The SMILES string of the molecule is O=S(=O)(CCC1CCCCN1)Nc1c(Cl)cc(F)cc1Br. The first kappa shape index (κ1) is 17.0. The molecule has 0 aliphatic carbocycles. The second kappa shape index (κ2) is 7.26. The Hall–Kier alpha value is -0.370. The zero-order chi connectivity index (χ0) is 15.5. The zero-order valence-electron chi connectivity index (χ0n) is 11.3. The van der Waals surface area contributed by atoms with E-state index < -0.39 is 15.8 Å². The van der Waals surface area contributed by atoms with Crippen molar-refractivity contribution in [1.82, 2.24) is 5.32 Å². The van der Waals surface area contributed by atoms with Crippen LogP contribution in [0.1, 0.15) is 25.7 Å². The Morgan fingerprint density at radius 2 is 2.19 bits per heavy atom. The molecule has 0 aromatic heterocycles. The Bertz CT molecular complexity index is 583. The van der Waals surface area contributed by atoms with E-state index in [9.17, 15) is 12.8 Å². The molecular formula is C13H17BrClFN2O2S. The number of nitrogens with one attached hydrogen (secondary N) is 2. The molecule has 2 N–H and O–H groups in total. The maximum absolute atomic E-state index is 13.1. The molecule has 1 atom stereocenters. The maximum Gasteiger partial charge on any atom is 0.232 e. The summed E-state index contributed by atoms with van der Waals surface area (Å²) in [5, 5.41) is 3.34. The van der Waals surface area contributed by atoms with Crippen LogP contribution < -0.4 is 10.0 Å². The molecule has 0 saturated carbocycles. The molecule has 0 spiro atoms. The predicted octanol–water partition coefficient (Wildman–Crippen LogP) is 3.52. The zero-order valence-corrected chi connectivity index (χ0v) is 14.5. The van der Waals surface area contributed by atoms with Crippen molar-refractivity contribution in [3.8, 4) is 0 Å². The number of rotatable bonds is 5. The number of hydrogen-bond donors (Lipinski definition) is 2. The number of benzene rings is 1. The highest BCUT2D eigenvalue weighted by atomic mass is 79.9. The highest BCUT2D eigenvalue weighted by molar-refractivity contribution is 9.10. The fourth-order valence-electron chi connectivity index (χ4n) is 2.31. The summed E-state index contributed by atoms with van der Waals surface area (Å²) >= 11 is 8.99. The van der Waals surface area contributed by atoms with Crippen molar-refractivity contribution in [2.75, 3.05) is 17.0 Å². The fraction of sp³-hybridized carbons (Fsp3) is 0.538. The van der Waals surface area contributed by atoms with Crippen molar-refractivity contribution < 1.29 is 12.8 Å². The summed E-state index contributed by atoms with van der Waals surface area (Å²) < 4.78 is 40.1. The van der Waals surface area contributed by atoms with Crippen molar-refractivity contribution in [3.05, 3.63) is 27.4 Å². The lowest BCUT2D eigenvalue weighted by atomic mass is 10.0. The van der Waals surface area contributed by atoms with Crippen LogP contribution in [0.15, 0.2) is 16.6 Å². The van der Waals surface area contributed by atoms with Gasteiger partial charge in [0.05, 0.1) is 16.5 Å². The lowest BCUT2D eigenvalue weighted by Gasteiger charge is -2.23. The van der Waals surface area contributed by atoms with Crippen LogP contribution in [0.3, 0.4) is 0 Å². The Morgan fingerprint density at radius 3 is 2.81 bits per heavy atom. The second-order valence-corrected chi connectivity index (χ2v) is 8.20. The number of anilines is 1. The van der Waals surface area contributed by atoms with Gasteiger partial charge in [0, 0.05) is 10.5 Å². The van der Waals surface area contributed by atoms with E-state index in [1.54, 1.807) is 0 Å². The summed E-state index contributed by atoms with van der Waals surface area (Å²) in [6.07, 6.45) is 3.81. The Morgan fingerprint density at radius 1 is 1.43 bits per heavy atom. The molecule has 0 radical (unpaired) electrons. The minimum absolute atomic E-state index is 0.00477. The van der Waals surface area contributed by atoms with Crippen LogP contribution in [0.2, 0.25) is 5.02 Å². The van der Waals surface area contributed by atoms with Gasteiger partial charge in [-0.3, -0.25) is 4.72 Å². The van der Waals surface area contributed by atoms with Crippen LogP contribution in [0.4, 0.5) is 10.1 Å². The Labute approximate surface area is 137 Å². The van der Waals surface area contributed by atoms with Crippen molar-refractivity contribution in [2.45, 2.75) is 31.7 Å². The van der Waals surface area contributed by atoms with Gasteiger partial charge >= 0.3 is 0 Å². The molecule has 118 valence electrons. The minimum Gasteiger partial charge on any atom is -0.314 e. The van der Waals surface area contributed by atoms with Gasteiger partial charge in [-0.05, 0) is 53.9 Å². The second-order valence-electron chi connectivity index (χ2n) is 5.10. The topological polar surface area (TPSA) is 58.2 Å². The summed E-state index contributed by atoms with van der Waals surface area (Å²) in [4.78, 5) is 0. The molecule has 1 aromatic carbocycles. The number of hydrogen-bond acceptors (Lipinski definition) is 3. The van der Waals surface area contributed by atoms with Gasteiger partial charge in [-0.15, -0.1) is 0 Å². The molecule has 1 aliphatic rings. The summed E-state index contributed by atoms with van der Waals surface area (Å²) in [6, 6.07) is 2.49. The molecular weight excluding hydrogens is 383 g/mol. The first-order valence-electron chi connectivity index (χ1n) is 6.76. The van der Waals surface area contributed by atoms with E-state index >= 15 is 0 Å². The third kappa shape index (κ3) is 5.09. The van der Waals surface area contributed by atoms with Crippen LogP contribution in [0, 0.1) is 5.82 Å². The summed E-state index contributed by atoms with van der Waals surface area (Å²) in [5.74, 6) is -0.522. The molecule has 1 heterocycles. The van der Waals surface area contributed by atoms with Gasteiger partial charge < -0.3 is 5.32 Å². The molecule has 21 heavy (non-hydrogen) atoms. The molecule has 1 unspecified atom stereocenters. The molecule has 8 heteroatoms. The molecule has 1 fully saturated rings. The van der Waals surface area contributed by atoms with Crippen LogP contribution in [0.25, 0.3) is 0 Å². The maximum atomic E-state index is 13.1. The van der Waals surface area contributed by atoms with Crippen molar-refractivity contribution in [3.63, 3.8) is 0 Å². The third-order valence-corrected chi connectivity index (χ3v) is 5.62. The highest BCUT2D eigenvalue weighted by Gasteiger charge is 2.19. The quantitative estimate of drug-likeness (QED) is 0.796. The monoisotopic (exact) mass is 398 g/mol. The first-order valence-corrected chi connectivity index (χ1v) is 9.58. The van der Waals surface area contributed by atoms with Gasteiger partial charge in [-0.25, -0.2) is 12.8 Å². The molecule has 1 saturated heterocycles. The lowest BCUT2D eigenvalue weighted by Crippen LogP contribution is -2.36. The first-order chi connectivity index (χ1) is 9.87. The van der Waals surface area contributed by atoms with E-state index in [1.165, 1.54) is 6.07 Å². The van der Waals surface area contributed by atoms with Gasteiger partial charge in [0.2, 0.25) is 10.0 Å². The number of halogens is 3. The Balaban J connectivity index is 2.00. The van der Waals surface area contributed by atoms with E-state index in [0.29, 0.717) is 6.42 Å². The van der Waals surface area contributed by atoms with Crippen molar-refractivity contribution >= 4 is 43.2 Å². The van der Waals surface area contributed by atoms with Crippen LogP contribution in [0.5, 0.6) is 0 Å². The fourth-order valence-corrected chi connectivity index (χ4v) is 4.63. The van der Waals surface area contributed by atoms with E-state index in [2.05, 4.69) is 26.0 Å². The van der Waals surface area contributed by atoms with Gasteiger partial charge in [0.15, 0.2) is 0 Å². The van der Waals surface area contributed by atoms with Gasteiger partial charge in [-0.1, -0.05) is 18.0 Å². The van der Waals surface area contributed by atoms with E-state index in [4.69, 9.17) is 11.6 Å². The summed E-state index contributed by atoms with van der Waals surface area (Å²) in [5.41, 5.74) is 0.176. The van der Waals surface area contributed by atoms with Gasteiger partial charge in [0.25, 0.3) is 0 Å². The molecule has 2 rings (SSSR count). The van der Waals surface area contributed by atoms with Crippen LogP contribution >= 0.6 is 27.5 Å². The highest BCUT2D eigenvalue weighted by Crippen LogP contribution is 2.32. The molecule has 0 amide bonds. The van der Waals surface area contributed by atoms with Crippen molar-refractivity contribution in [1.29, 1.82) is 0 Å². The number of sulfonamides is 1. The Kier molecular flexibility index (Phi) is 5.88. The predicted molar refractivity (Wildman–Crippen MR) is 86.8 cm³/mol. The van der Waals surface area contributed by atoms with E-state index in [1.807, 2.05) is 0 Å². The van der Waals surface area contributed by atoms with Crippen LogP contribution in [-0.4, -0.2) is 26.8 Å². The minimum atomic E-state index is -3.52. The van der Waals surface area contributed by atoms with Crippen LogP contribution in [-0.2, 0) is 10.0 Å². The smallest absolute Gasteiger partial charge is 0.232 e. The van der Waals surface area contributed by atoms with E-state index in [0.717, 1.165) is 31.9 Å². The largest absolute Gasteiger partial charge is 0.314 e. The van der Waals surface area contributed by atoms with Gasteiger partial charge in [0.1, 0.15) is 5.82 Å². The molecule has 0 bridgehead atoms. The third-order valence-electron chi connectivity index (χ3n) is 3.41. The summed E-state index contributed by atoms with van der Waals surface area (Å²) in [6.45, 7) is 0.938. The molecule has 1 aliphatic heterocycles. The molecule has 4 nitrogen and oxygen atoms in total. The van der Waals surface area contributed by atoms with E-state index in [-0.39, 0.29) is 27.0 Å².